The Balaban J connectivity index is 0.000000175. The summed E-state index contributed by atoms with van der Waals surface area (Å²) in [6, 6.07) is 28.4. The first kappa shape index (κ1) is 42.1. The topological polar surface area (TPSA) is 9.72 Å². The van der Waals surface area contributed by atoms with Gasteiger partial charge in [-0.15, -0.1) is 0 Å². The van der Waals surface area contributed by atoms with E-state index in [4.69, 9.17) is 0 Å². The van der Waals surface area contributed by atoms with Crippen LogP contribution in [0.3, 0.4) is 0 Å². The third-order valence-corrected chi connectivity index (χ3v) is 11.5. The summed E-state index contributed by atoms with van der Waals surface area (Å²) >= 11 is 0. The minimum Gasteiger partial charge on any atom is -0.363 e. The maximum Gasteiger partial charge on any atom is 0.0408 e. The normalized spacial score (nSPS) is 21.3. The first-order chi connectivity index (χ1) is 23.6. The zero-order chi connectivity index (χ0) is 39.2. The fourth-order valence-corrected chi connectivity index (χ4v) is 8.86. The molecule has 3 heterocycles. The molecule has 3 heteroatoms. The molecule has 3 aromatic carbocycles. The summed E-state index contributed by atoms with van der Waals surface area (Å²) in [5.41, 5.74) is 10.5. The summed E-state index contributed by atoms with van der Waals surface area (Å²) < 4.78 is 0. The Hall–Kier alpha value is -2.62. The zero-order valence-corrected chi connectivity index (χ0v) is 36.8. The second kappa shape index (κ2) is 14.9. The number of hydrogen-bond acceptors (Lipinski definition) is 3. The summed E-state index contributed by atoms with van der Waals surface area (Å²) in [5, 5.41) is 0. The molecule has 3 aliphatic rings. The van der Waals surface area contributed by atoms with Gasteiger partial charge >= 0.3 is 0 Å². The van der Waals surface area contributed by atoms with Crippen molar-refractivity contribution in [2.24, 2.45) is 16.2 Å². The predicted molar refractivity (Wildman–Crippen MR) is 228 cm³/mol. The van der Waals surface area contributed by atoms with E-state index < -0.39 is 0 Å². The summed E-state index contributed by atoms with van der Waals surface area (Å²) in [6.45, 7) is 44.2. The lowest BCUT2D eigenvalue weighted by molar-refractivity contribution is 0.00615. The lowest BCUT2D eigenvalue weighted by Crippen LogP contribution is -2.55. The SMILES string of the molecule is CC(C)(C)C1Cc2ccccc2CN1C(C)(C)C.CC(C)(C)C1Cc2ccccc2N1C(C)(C)C.CC(C)(C)C1c2ccccc2CN1C(C)(C)C. The molecule has 52 heavy (non-hydrogen) atoms. The van der Waals surface area contributed by atoms with Gasteiger partial charge in [0.05, 0.1) is 0 Å². The minimum absolute atomic E-state index is 0.185. The van der Waals surface area contributed by atoms with Gasteiger partial charge in [-0.3, -0.25) is 9.80 Å². The molecule has 3 aromatic rings. The van der Waals surface area contributed by atoms with Crippen LogP contribution in [0.2, 0.25) is 0 Å². The second-order valence-electron chi connectivity index (χ2n) is 22.2. The van der Waals surface area contributed by atoms with Crippen LogP contribution in [0.1, 0.15) is 158 Å². The van der Waals surface area contributed by atoms with Crippen LogP contribution >= 0.6 is 0 Å². The first-order valence-electron chi connectivity index (χ1n) is 20.2. The van der Waals surface area contributed by atoms with Gasteiger partial charge < -0.3 is 4.90 Å². The molecule has 0 spiro atoms. The van der Waals surface area contributed by atoms with E-state index in [0.29, 0.717) is 29.0 Å². The van der Waals surface area contributed by atoms with Crippen molar-refractivity contribution in [3.8, 4) is 0 Å². The number of rotatable bonds is 0. The van der Waals surface area contributed by atoms with E-state index in [-0.39, 0.29) is 22.0 Å². The van der Waals surface area contributed by atoms with Gasteiger partial charge in [-0.05, 0) is 125 Å². The van der Waals surface area contributed by atoms with Crippen LogP contribution in [0.4, 0.5) is 5.69 Å². The second-order valence-corrected chi connectivity index (χ2v) is 22.2. The van der Waals surface area contributed by atoms with Crippen LogP contribution in [0, 0.1) is 16.2 Å². The molecule has 0 saturated heterocycles. The van der Waals surface area contributed by atoms with Gasteiger partial charge in [0.15, 0.2) is 0 Å². The van der Waals surface area contributed by atoms with Gasteiger partial charge in [-0.25, -0.2) is 0 Å². The lowest BCUT2D eigenvalue weighted by Gasteiger charge is -2.50. The third kappa shape index (κ3) is 9.72. The third-order valence-electron chi connectivity index (χ3n) is 11.5. The van der Waals surface area contributed by atoms with Gasteiger partial charge in [0.1, 0.15) is 0 Å². The van der Waals surface area contributed by atoms with Crippen LogP contribution in [0.25, 0.3) is 0 Å². The molecule has 3 aliphatic heterocycles. The average Bonchev–Trinajstić information content (AvgIpc) is 3.61. The van der Waals surface area contributed by atoms with Crippen molar-refractivity contribution in [3.63, 3.8) is 0 Å². The van der Waals surface area contributed by atoms with E-state index in [0.717, 1.165) is 13.1 Å². The predicted octanol–water partition coefficient (Wildman–Crippen LogP) is 12.9. The number of hydrogen-bond donors (Lipinski definition) is 0. The van der Waals surface area contributed by atoms with Crippen molar-refractivity contribution >= 4 is 5.69 Å². The molecule has 6 rings (SSSR count). The van der Waals surface area contributed by atoms with E-state index in [1.807, 2.05) is 0 Å². The van der Waals surface area contributed by atoms with Gasteiger partial charge in [0.25, 0.3) is 0 Å². The molecular formula is C49H77N3. The summed E-state index contributed by atoms with van der Waals surface area (Å²) in [6.07, 6.45) is 2.36. The van der Waals surface area contributed by atoms with Crippen molar-refractivity contribution in [2.45, 2.75) is 185 Å². The molecule has 0 radical (unpaired) electrons. The van der Waals surface area contributed by atoms with Crippen molar-refractivity contribution in [1.82, 2.24) is 9.80 Å². The Labute approximate surface area is 321 Å². The summed E-state index contributed by atoms with van der Waals surface area (Å²) in [5.74, 6) is 0. The van der Waals surface area contributed by atoms with Crippen LogP contribution in [-0.4, -0.2) is 38.5 Å². The first-order valence-corrected chi connectivity index (χ1v) is 20.2. The Morgan fingerprint density at radius 1 is 0.404 bits per heavy atom. The van der Waals surface area contributed by atoms with Crippen molar-refractivity contribution in [3.05, 3.63) is 101 Å². The summed E-state index contributed by atoms with van der Waals surface area (Å²) in [7, 11) is 0. The Kier molecular flexibility index (Phi) is 12.1. The van der Waals surface area contributed by atoms with Crippen LogP contribution in [0.15, 0.2) is 72.8 Å². The molecule has 0 bridgehead atoms. The number of benzene rings is 3. The van der Waals surface area contributed by atoms with Gasteiger partial charge in [0, 0.05) is 53.5 Å². The van der Waals surface area contributed by atoms with E-state index in [9.17, 15) is 0 Å². The largest absolute Gasteiger partial charge is 0.363 e. The summed E-state index contributed by atoms with van der Waals surface area (Å²) in [4.78, 5) is 7.93. The molecular weight excluding hydrogens is 631 g/mol. The molecule has 288 valence electrons. The monoisotopic (exact) mass is 708 g/mol. The molecule has 3 atom stereocenters. The molecule has 0 N–H and O–H groups in total. The van der Waals surface area contributed by atoms with Crippen molar-refractivity contribution in [1.29, 1.82) is 0 Å². The molecule has 3 unspecified atom stereocenters. The minimum atomic E-state index is 0.185. The molecule has 0 fully saturated rings. The van der Waals surface area contributed by atoms with Gasteiger partial charge in [0.2, 0.25) is 0 Å². The highest BCUT2D eigenvalue weighted by Crippen LogP contribution is 2.48. The Morgan fingerprint density at radius 3 is 1.31 bits per heavy atom. The molecule has 0 amide bonds. The van der Waals surface area contributed by atoms with Crippen LogP contribution in [-0.2, 0) is 25.9 Å². The highest BCUT2D eigenvalue weighted by Gasteiger charge is 2.44. The fourth-order valence-electron chi connectivity index (χ4n) is 8.86. The van der Waals surface area contributed by atoms with E-state index in [1.165, 1.54) is 46.3 Å². The maximum atomic E-state index is 2.68. The van der Waals surface area contributed by atoms with Crippen LogP contribution < -0.4 is 4.90 Å². The smallest absolute Gasteiger partial charge is 0.0408 e. The van der Waals surface area contributed by atoms with E-state index in [2.05, 4.69) is 212 Å². The maximum absolute atomic E-state index is 2.68. The molecule has 0 saturated carbocycles. The zero-order valence-electron chi connectivity index (χ0n) is 36.8. The quantitative estimate of drug-likeness (QED) is 0.230. The average molecular weight is 708 g/mol. The molecule has 3 nitrogen and oxygen atoms in total. The van der Waals surface area contributed by atoms with E-state index >= 15 is 0 Å². The molecule has 0 aliphatic carbocycles. The van der Waals surface area contributed by atoms with Crippen LogP contribution in [0.5, 0.6) is 0 Å². The van der Waals surface area contributed by atoms with Gasteiger partial charge in [-0.2, -0.15) is 0 Å². The highest BCUT2D eigenvalue weighted by atomic mass is 15.3. The highest BCUT2D eigenvalue weighted by molar-refractivity contribution is 5.61. The number of nitrogens with zero attached hydrogens (tertiary/aromatic N) is 3. The number of anilines is 1. The fraction of sp³-hybridized carbons (Fsp3) is 0.633. The standard InChI is InChI=1S/C17H27N.2C16H25N/c1-16(2,3)15-11-13-9-7-8-10-14(13)12-18(15)17(4,5)6;1-15(2,3)14-13-10-8-7-9-12(13)11-17(14)16(4,5)6;1-15(2,3)14-11-12-9-7-8-10-13(12)17(14)16(4,5)6/h7-10,15H,11-12H2,1-6H3;2*7-10,14H,11H2,1-6H3. The Bertz CT molecular complexity index is 1500. The Morgan fingerprint density at radius 2 is 0.827 bits per heavy atom. The van der Waals surface area contributed by atoms with Crippen molar-refractivity contribution in [2.75, 3.05) is 4.90 Å². The van der Waals surface area contributed by atoms with Crippen molar-refractivity contribution < 1.29 is 0 Å². The number of para-hydroxylation sites is 1. The molecule has 0 aromatic heterocycles. The number of fused-ring (bicyclic) bond motifs is 3. The lowest BCUT2D eigenvalue weighted by atomic mass is 9.77. The van der Waals surface area contributed by atoms with Gasteiger partial charge in [-0.1, -0.05) is 129 Å². The van der Waals surface area contributed by atoms with E-state index in [1.54, 1.807) is 0 Å².